The van der Waals surface area contributed by atoms with Gasteiger partial charge in [0.25, 0.3) is 0 Å². The molecule has 0 saturated carbocycles. The molecule has 4 nitrogen and oxygen atoms in total. The monoisotopic (exact) mass is 257 g/mol. The van der Waals surface area contributed by atoms with E-state index in [1.807, 2.05) is 0 Å². The number of carbonyl (C=O) groups excluding carboxylic acids is 2. The molecule has 0 amide bonds. The maximum absolute atomic E-state index is 11.4. The average molecular weight is 257 g/mol. The molecule has 0 rings (SSSR count). The zero-order valence-electron chi connectivity index (χ0n) is 11.7. The van der Waals surface area contributed by atoms with Crippen molar-refractivity contribution in [2.24, 2.45) is 0 Å². The van der Waals surface area contributed by atoms with Crippen LogP contribution in [0.15, 0.2) is 0 Å². The molecule has 0 saturated heterocycles. The highest BCUT2D eigenvalue weighted by Crippen LogP contribution is 2.07. The van der Waals surface area contributed by atoms with E-state index in [2.05, 4.69) is 19.3 Å². The minimum Gasteiger partial charge on any atom is -0.370 e. The summed E-state index contributed by atoms with van der Waals surface area (Å²) in [6, 6.07) is 0.260. The van der Waals surface area contributed by atoms with Crippen molar-refractivity contribution in [3.8, 4) is 0 Å². The lowest BCUT2D eigenvalue weighted by Crippen LogP contribution is -2.31. The van der Waals surface area contributed by atoms with Crippen molar-refractivity contribution in [1.82, 2.24) is 5.48 Å². The molecule has 0 aliphatic carbocycles. The molecule has 0 aromatic heterocycles. The third-order valence-electron chi connectivity index (χ3n) is 2.94. The molecule has 0 bridgehead atoms. The molecule has 106 valence electrons. The number of rotatable bonds is 12. The fourth-order valence-corrected chi connectivity index (χ4v) is 1.68. The molecule has 4 heteroatoms. The third-order valence-corrected chi connectivity index (χ3v) is 2.94. The molecule has 0 spiro atoms. The van der Waals surface area contributed by atoms with Crippen molar-refractivity contribution in [1.29, 1.82) is 0 Å². The topological polar surface area (TPSA) is 55.4 Å². The smallest absolute Gasteiger partial charge is 0.324 e. The molecule has 1 atom stereocenters. The van der Waals surface area contributed by atoms with Crippen LogP contribution >= 0.6 is 0 Å². The van der Waals surface area contributed by atoms with Gasteiger partial charge < -0.3 is 9.63 Å². The van der Waals surface area contributed by atoms with Gasteiger partial charge in [-0.05, 0) is 25.7 Å². The second kappa shape index (κ2) is 12.6. The Kier molecular flexibility index (Phi) is 11.9. The summed E-state index contributed by atoms with van der Waals surface area (Å²) >= 11 is 0. The lowest BCUT2D eigenvalue weighted by molar-refractivity contribution is -0.153. The second-order valence-corrected chi connectivity index (χ2v) is 4.61. The molecule has 1 unspecified atom stereocenters. The van der Waals surface area contributed by atoms with Gasteiger partial charge in [0.1, 0.15) is 6.29 Å². The summed E-state index contributed by atoms with van der Waals surface area (Å²) in [5.41, 5.74) is 2.85. The molecule has 0 aliphatic rings. The zero-order valence-corrected chi connectivity index (χ0v) is 11.7. The van der Waals surface area contributed by atoms with Gasteiger partial charge in [0.15, 0.2) is 0 Å². The van der Waals surface area contributed by atoms with E-state index in [0.717, 1.165) is 25.5 Å². The van der Waals surface area contributed by atoms with Crippen molar-refractivity contribution >= 4 is 12.3 Å². The summed E-state index contributed by atoms with van der Waals surface area (Å²) < 4.78 is 0. The molecule has 1 N–H and O–H groups in total. The fourth-order valence-electron chi connectivity index (χ4n) is 1.68. The van der Waals surface area contributed by atoms with Crippen molar-refractivity contribution < 1.29 is 14.4 Å². The van der Waals surface area contributed by atoms with Crippen molar-refractivity contribution in [2.45, 2.75) is 77.7 Å². The van der Waals surface area contributed by atoms with Gasteiger partial charge in [0, 0.05) is 18.9 Å². The van der Waals surface area contributed by atoms with Crippen LogP contribution < -0.4 is 5.48 Å². The van der Waals surface area contributed by atoms with E-state index in [9.17, 15) is 9.59 Å². The van der Waals surface area contributed by atoms with Gasteiger partial charge >= 0.3 is 5.97 Å². The summed E-state index contributed by atoms with van der Waals surface area (Å²) in [7, 11) is 0. The molecule has 0 heterocycles. The lowest BCUT2D eigenvalue weighted by atomic mass is 10.1. The van der Waals surface area contributed by atoms with Gasteiger partial charge in [-0.15, -0.1) is 0 Å². The van der Waals surface area contributed by atoms with E-state index in [1.54, 1.807) is 0 Å². The minimum absolute atomic E-state index is 0.227. The number of hydrogen-bond donors (Lipinski definition) is 1. The Hall–Kier alpha value is -0.900. The predicted molar refractivity (Wildman–Crippen MR) is 72.0 cm³/mol. The quantitative estimate of drug-likeness (QED) is 0.331. The summed E-state index contributed by atoms with van der Waals surface area (Å²) in [6.45, 7) is 4.26. The molecule has 0 aromatic carbocycles. The highest BCUT2D eigenvalue weighted by molar-refractivity contribution is 5.69. The van der Waals surface area contributed by atoms with E-state index in [1.165, 1.54) is 19.3 Å². The lowest BCUT2D eigenvalue weighted by Gasteiger charge is -2.15. The van der Waals surface area contributed by atoms with Gasteiger partial charge in [0.2, 0.25) is 0 Å². The van der Waals surface area contributed by atoms with Gasteiger partial charge in [-0.1, -0.05) is 33.1 Å². The first kappa shape index (κ1) is 17.1. The Morgan fingerprint density at radius 2 is 2.00 bits per heavy atom. The van der Waals surface area contributed by atoms with Crippen LogP contribution in [0, 0.1) is 0 Å². The molecule has 0 fully saturated rings. The summed E-state index contributed by atoms with van der Waals surface area (Å²) in [5.74, 6) is -0.227. The maximum atomic E-state index is 11.4. The van der Waals surface area contributed by atoms with Crippen molar-refractivity contribution in [2.75, 3.05) is 0 Å². The Bertz CT molecular complexity index is 219. The molecular weight excluding hydrogens is 230 g/mol. The summed E-state index contributed by atoms with van der Waals surface area (Å²) in [5, 5.41) is 0. The van der Waals surface area contributed by atoms with Crippen LogP contribution in [0.2, 0.25) is 0 Å². The Labute approximate surface area is 110 Å². The first-order valence-electron chi connectivity index (χ1n) is 7.13. The standard InChI is InChI=1S/C14H27NO3/c1-3-5-7-10-13(4-2)15-18-14(17)11-8-6-9-12-16/h12-13,15H,3-11H2,1-2H3. The molecule has 0 aliphatic heterocycles. The minimum atomic E-state index is -0.227. The maximum Gasteiger partial charge on any atom is 0.324 e. The van der Waals surface area contributed by atoms with Gasteiger partial charge in [-0.3, -0.25) is 4.79 Å². The van der Waals surface area contributed by atoms with E-state index in [4.69, 9.17) is 4.84 Å². The molecule has 18 heavy (non-hydrogen) atoms. The summed E-state index contributed by atoms with van der Waals surface area (Å²) in [4.78, 5) is 26.5. The Balaban J connectivity index is 3.56. The first-order chi connectivity index (χ1) is 8.74. The Morgan fingerprint density at radius 1 is 1.22 bits per heavy atom. The van der Waals surface area contributed by atoms with Gasteiger partial charge in [0.05, 0.1) is 0 Å². The number of aldehydes is 1. The van der Waals surface area contributed by atoms with E-state index >= 15 is 0 Å². The predicted octanol–water partition coefficient (Wildman–Crippen LogP) is 3.15. The van der Waals surface area contributed by atoms with Crippen LogP contribution in [0.1, 0.15) is 71.6 Å². The van der Waals surface area contributed by atoms with Crippen LogP contribution in [0.3, 0.4) is 0 Å². The Morgan fingerprint density at radius 3 is 2.61 bits per heavy atom. The van der Waals surface area contributed by atoms with E-state index < -0.39 is 0 Å². The number of nitrogens with one attached hydrogen (secondary N) is 1. The average Bonchev–Trinajstić information content (AvgIpc) is 2.39. The molecule has 0 aromatic rings. The van der Waals surface area contributed by atoms with Crippen LogP contribution in [-0.2, 0) is 14.4 Å². The largest absolute Gasteiger partial charge is 0.370 e. The van der Waals surface area contributed by atoms with E-state index in [-0.39, 0.29) is 12.0 Å². The molecule has 0 radical (unpaired) electrons. The van der Waals surface area contributed by atoms with Gasteiger partial charge in [-0.25, -0.2) is 0 Å². The number of carbonyl (C=O) groups is 2. The number of hydrogen-bond acceptors (Lipinski definition) is 4. The number of unbranched alkanes of at least 4 members (excludes halogenated alkanes) is 4. The van der Waals surface area contributed by atoms with Crippen molar-refractivity contribution in [3.05, 3.63) is 0 Å². The highest BCUT2D eigenvalue weighted by atomic mass is 16.7. The van der Waals surface area contributed by atoms with Crippen LogP contribution in [0.4, 0.5) is 0 Å². The SMILES string of the molecule is CCCCCC(CC)NOC(=O)CCCCC=O. The zero-order chi connectivity index (χ0) is 13.6. The first-order valence-corrected chi connectivity index (χ1v) is 7.13. The molecular formula is C14H27NO3. The highest BCUT2D eigenvalue weighted by Gasteiger charge is 2.09. The summed E-state index contributed by atoms with van der Waals surface area (Å²) in [6.07, 6.45) is 8.85. The van der Waals surface area contributed by atoms with Crippen LogP contribution in [0.5, 0.6) is 0 Å². The number of hydroxylamine groups is 1. The van der Waals surface area contributed by atoms with Crippen LogP contribution in [0.25, 0.3) is 0 Å². The fraction of sp³-hybridized carbons (Fsp3) is 0.857. The van der Waals surface area contributed by atoms with Crippen molar-refractivity contribution in [3.63, 3.8) is 0 Å². The second-order valence-electron chi connectivity index (χ2n) is 4.61. The van der Waals surface area contributed by atoms with Gasteiger partial charge in [-0.2, -0.15) is 5.48 Å². The van der Waals surface area contributed by atoms with E-state index in [0.29, 0.717) is 19.3 Å². The normalized spacial score (nSPS) is 12.1. The third kappa shape index (κ3) is 10.3. The van der Waals surface area contributed by atoms with Crippen LogP contribution in [-0.4, -0.2) is 18.3 Å².